The van der Waals surface area contributed by atoms with Crippen molar-refractivity contribution in [3.8, 4) is 0 Å². The number of carbonyl (C=O) groups excluding carboxylic acids is 5. The van der Waals surface area contributed by atoms with Crippen LogP contribution in [0.3, 0.4) is 0 Å². The molecule has 47 heavy (non-hydrogen) atoms. The zero-order valence-electron chi connectivity index (χ0n) is 27.6. The number of carbonyl (C=O) groups is 5. The summed E-state index contributed by atoms with van der Waals surface area (Å²) in [5.74, 6) is -3.08. The molecule has 5 rings (SSSR count). The second kappa shape index (κ2) is 13.5. The Kier molecular flexibility index (Phi) is 10.0. The quantitative estimate of drug-likeness (QED) is 0.304. The van der Waals surface area contributed by atoms with Gasteiger partial charge in [0.05, 0.1) is 18.3 Å². The molecule has 0 unspecified atom stereocenters. The highest BCUT2D eigenvalue weighted by Crippen LogP contribution is 2.41. The third kappa shape index (κ3) is 8.32. The number of hydrogen-bond acceptors (Lipinski definition) is 8. The number of nitrogens with two attached hydrogens (primary N) is 1. The molecule has 3 fully saturated rings. The van der Waals surface area contributed by atoms with E-state index in [2.05, 4.69) is 15.8 Å². The molecule has 4 N–H and O–H groups in total. The van der Waals surface area contributed by atoms with Gasteiger partial charge in [-0.3, -0.25) is 24.0 Å². The number of hydrogen-bond donors (Lipinski definition) is 3. The molecule has 4 atom stereocenters. The van der Waals surface area contributed by atoms with Crippen LogP contribution in [-0.4, -0.2) is 83.5 Å². The molecule has 0 aromatic heterocycles. The molecule has 12 nitrogen and oxygen atoms in total. The van der Waals surface area contributed by atoms with Gasteiger partial charge < -0.3 is 30.8 Å². The van der Waals surface area contributed by atoms with Gasteiger partial charge in [0.2, 0.25) is 23.5 Å². The number of benzene rings is 1. The highest BCUT2D eigenvalue weighted by atomic mass is 35.5. The Morgan fingerprint density at radius 1 is 1.13 bits per heavy atom. The first-order valence-corrected chi connectivity index (χ1v) is 16.8. The van der Waals surface area contributed by atoms with Gasteiger partial charge in [-0.1, -0.05) is 69.4 Å². The molecular weight excluding hydrogens is 626 g/mol. The molecule has 0 radical (unpaired) electrons. The fourth-order valence-corrected chi connectivity index (χ4v) is 6.96. The van der Waals surface area contributed by atoms with Crippen molar-refractivity contribution in [3.05, 3.63) is 34.9 Å². The SMILES string of the molecule is CC1(CC(=O)N[C@H](C(=O)N2C[C@@]3(CC(c4cccc(Cl)c4)=NO3)C[C@H]2C(=O)N[C@@H](CC2CC2)C(=O)C(N)=O)C(C)(C)C)CCOCC1. The number of nitrogens with one attached hydrogen (secondary N) is 2. The van der Waals surface area contributed by atoms with Gasteiger partial charge in [-0.05, 0) is 48.1 Å². The summed E-state index contributed by atoms with van der Waals surface area (Å²) in [6.07, 6.45) is 4.19. The monoisotopic (exact) mass is 671 g/mol. The van der Waals surface area contributed by atoms with Gasteiger partial charge >= 0.3 is 0 Å². The topological polar surface area (TPSA) is 169 Å². The normalized spacial score (nSPS) is 25.0. The summed E-state index contributed by atoms with van der Waals surface area (Å²) in [7, 11) is 0. The van der Waals surface area contributed by atoms with E-state index in [1.807, 2.05) is 33.8 Å². The van der Waals surface area contributed by atoms with E-state index >= 15 is 0 Å². The molecule has 2 saturated heterocycles. The summed E-state index contributed by atoms with van der Waals surface area (Å²) < 4.78 is 5.48. The second-order valence-corrected chi connectivity index (χ2v) is 15.6. The van der Waals surface area contributed by atoms with Gasteiger partial charge in [-0.25, -0.2) is 0 Å². The molecule has 3 heterocycles. The van der Waals surface area contributed by atoms with Crippen LogP contribution in [0.1, 0.15) is 84.6 Å². The van der Waals surface area contributed by atoms with Crippen molar-refractivity contribution < 1.29 is 33.5 Å². The summed E-state index contributed by atoms with van der Waals surface area (Å²) >= 11 is 6.23. The van der Waals surface area contributed by atoms with Crippen molar-refractivity contribution in [2.45, 2.75) is 103 Å². The van der Waals surface area contributed by atoms with E-state index in [1.54, 1.807) is 18.2 Å². The lowest BCUT2D eigenvalue weighted by atomic mass is 9.78. The maximum absolute atomic E-state index is 14.5. The van der Waals surface area contributed by atoms with Crippen LogP contribution in [0.15, 0.2) is 29.4 Å². The van der Waals surface area contributed by atoms with E-state index in [1.165, 1.54) is 4.90 Å². The van der Waals surface area contributed by atoms with Gasteiger partial charge in [0.1, 0.15) is 12.1 Å². The van der Waals surface area contributed by atoms with Crippen molar-refractivity contribution >= 4 is 46.7 Å². The Bertz CT molecular complexity index is 1450. The van der Waals surface area contributed by atoms with Gasteiger partial charge in [-0.2, -0.15) is 0 Å². The predicted octanol–water partition coefficient (Wildman–Crippen LogP) is 2.88. The van der Waals surface area contributed by atoms with Crippen molar-refractivity contribution in [3.63, 3.8) is 0 Å². The van der Waals surface area contributed by atoms with E-state index in [-0.39, 0.29) is 36.6 Å². The first kappa shape index (κ1) is 34.8. The Hall–Kier alpha value is -3.51. The van der Waals surface area contributed by atoms with Crippen LogP contribution in [0.25, 0.3) is 0 Å². The minimum Gasteiger partial charge on any atom is -0.387 e. The van der Waals surface area contributed by atoms with Crippen molar-refractivity contribution in [2.24, 2.45) is 27.6 Å². The number of primary amides is 1. The van der Waals surface area contributed by atoms with Crippen LogP contribution in [0.4, 0.5) is 0 Å². The standard InChI is InChI=1S/C34H46ClN5O7/c1-32(2,3)28(38-26(41)18-33(4)10-12-46-13-11-33)31(45)40-19-34(16-24(39-47-34)21-6-5-7-22(35)15-21)17-25(40)30(44)37-23(14-20-8-9-20)27(42)29(36)43/h5-7,15,20,23,25,28H,8-14,16-19H2,1-4H3,(H2,36,43)(H,37,44)(H,38,41)/t23-,25-,28+,34+/m0/s1. The number of rotatable bonds is 11. The third-order valence-electron chi connectivity index (χ3n) is 9.83. The highest BCUT2D eigenvalue weighted by Gasteiger charge is 2.56. The highest BCUT2D eigenvalue weighted by molar-refractivity contribution is 6.37. The minimum atomic E-state index is -1.13. The van der Waals surface area contributed by atoms with Crippen LogP contribution < -0.4 is 16.4 Å². The lowest BCUT2D eigenvalue weighted by Gasteiger charge is -2.37. The molecule has 256 valence electrons. The van der Waals surface area contributed by atoms with Gasteiger partial charge in [-0.15, -0.1) is 0 Å². The molecule has 13 heteroatoms. The van der Waals surface area contributed by atoms with Crippen LogP contribution in [0.5, 0.6) is 0 Å². The fraction of sp³-hybridized carbons (Fsp3) is 0.647. The van der Waals surface area contributed by atoms with E-state index in [9.17, 15) is 24.0 Å². The Labute approximate surface area is 280 Å². The third-order valence-corrected chi connectivity index (χ3v) is 10.1. The Morgan fingerprint density at radius 3 is 2.45 bits per heavy atom. The maximum atomic E-state index is 14.5. The van der Waals surface area contributed by atoms with Crippen molar-refractivity contribution in [2.75, 3.05) is 19.8 Å². The van der Waals surface area contributed by atoms with Crippen molar-refractivity contribution in [1.82, 2.24) is 15.5 Å². The number of ether oxygens (including phenoxy) is 1. The van der Waals surface area contributed by atoms with E-state index in [0.29, 0.717) is 36.8 Å². The molecule has 1 aliphatic carbocycles. The number of likely N-dealkylation sites (tertiary alicyclic amines) is 1. The largest absolute Gasteiger partial charge is 0.387 e. The molecule has 4 aliphatic rings. The Balaban J connectivity index is 1.40. The van der Waals surface area contributed by atoms with Crippen LogP contribution >= 0.6 is 11.6 Å². The number of halogens is 1. The number of Topliss-reactive ketones (excluding diaryl/α,β-unsaturated/α-hetero) is 1. The van der Waals surface area contributed by atoms with E-state index < -0.39 is 52.6 Å². The van der Waals surface area contributed by atoms with Gasteiger partial charge in [0, 0.05) is 43.1 Å². The second-order valence-electron chi connectivity index (χ2n) is 15.1. The van der Waals surface area contributed by atoms with Crippen LogP contribution in [0.2, 0.25) is 5.02 Å². The summed E-state index contributed by atoms with van der Waals surface area (Å²) in [6.45, 7) is 8.80. The average molecular weight is 672 g/mol. The number of ketones is 1. The fourth-order valence-electron chi connectivity index (χ4n) is 6.77. The predicted molar refractivity (Wildman–Crippen MR) is 174 cm³/mol. The smallest absolute Gasteiger partial charge is 0.287 e. The average Bonchev–Trinajstić information content (AvgIpc) is 3.60. The number of oxime groups is 1. The zero-order chi connectivity index (χ0) is 34.1. The van der Waals surface area contributed by atoms with Crippen molar-refractivity contribution in [1.29, 1.82) is 0 Å². The Morgan fingerprint density at radius 2 is 1.83 bits per heavy atom. The first-order chi connectivity index (χ1) is 22.1. The molecule has 4 amide bonds. The molecule has 0 bridgehead atoms. The minimum absolute atomic E-state index is 0.0199. The molecule has 1 aromatic carbocycles. The maximum Gasteiger partial charge on any atom is 0.287 e. The number of amides is 4. The number of nitrogens with zero attached hydrogens (tertiary/aromatic N) is 2. The van der Waals surface area contributed by atoms with Gasteiger partial charge in [0.25, 0.3) is 5.91 Å². The van der Waals surface area contributed by atoms with Crippen LogP contribution in [0, 0.1) is 16.7 Å². The van der Waals surface area contributed by atoms with E-state index in [0.717, 1.165) is 31.2 Å². The molecular formula is C34H46ClN5O7. The lowest BCUT2D eigenvalue weighted by molar-refractivity contribution is -0.145. The molecule has 1 saturated carbocycles. The van der Waals surface area contributed by atoms with Gasteiger partial charge in [0.15, 0.2) is 5.60 Å². The van der Waals surface area contributed by atoms with Crippen LogP contribution in [-0.2, 0) is 33.5 Å². The first-order valence-electron chi connectivity index (χ1n) is 16.4. The molecule has 1 spiro atoms. The molecule has 1 aromatic rings. The summed E-state index contributed by atoms with van der Waals surface area (Å²) in [5.41, 5.74) is 4.73. The zero-order valence-corrected chi connectivity index (χ0v) is 28.4. The lowest BCUT2D eigenvalue weighted by Crippen LogP contribution is -2.59. The summed E-state index contributed by atoms with van der Waals surface area (Å²) in [6, 6.07) is 4.06. The summed E-state index contributed by atoms with van der Waals surface area (Å²) in [4.78, 5) is 74.0. The molecule has 3 aliphatic heterocycles. The summed E-state index contributed by atoms with van der Waals surface area (Å²) in [5, 5.41) is 10.6. The van der Waals surface area contributed by atoms with E-state index in [4.69, 9.17) is 26.9 Å².